The third-order valence-corrected chi connectivity index (χ3v) is 7.04. The fourth-order valence-corrected chi connectivity index (χ4v) is 5.10. The average Bonchev–Trinajstić information content (AvgIpc) is 3.36. The second-order valence-corrected chi connectivity index (χ2v) is 10.6. The monoisotopic (exact) mass is 595 g/mol. The molecule has 3 aromatic carbocycles. The topological polar surface area (TPSA) is 125 Å². The molecular weight excluding hydrogens is 561 g/mol. The molecule has 0 bridgehead atoms. The number of rotatable bonds is 11. The standard InChI is InChI=1S/C35H34FN3O5/c1-22(2)39-30(17-16-28(40)19-29(41)20-31(42)44-3)32(25-12-14-26(36)15-13-25)33(24-9-5-4-6-10-24)34(39)35(43)38-27-11-7-8-23(18-27)21-37/h4-18,22,28-29,40-41H,19-20H2,1-3H3,(H,38,43)/t28-,29-/m1/s1. The lowest BCUT2D eigenvalue weighted by Gasteiger charge is -2.17. The Bertz CT molecular complexity index is 1690. The largest absolute Gasteiger partial charge is 0.469 e. The molecule has 0 saturated heterocycles. The van der Waals surface area contributed by atoms with Crippen molar-refractivity contribution < 1.29 is 28.9 Å². The van der Waals surface area contributed by atoms with Gasteiger partial charge in [-0.3, -0.25) is 9.59 Å². The lowest BCUT2D eigenvalue weighted by atomic mass is 9.94. The number of hydrogen-bond donors (Lipinski definition) is 3. The summed E-state index contributed by atoms with van der Waals surface area (Å²) in [6.07, 6.45) is 0.537. The lowest BCUT2D eigenvalue weighted by Crippen LogP contribution is -2.20. The Morgan fingerprint density at radius 3 is 2.32 bits per heavy atom. The van der Waals surface area contributed by atoms with Gasteiger partial charge in [0.05, 0.1) is 37.4 Å². The minimum Gasteiger partial charge on any atom is -0.469 e. The van der Waals surface area contributed by atoms with Crippen LogP contribution in [0, 0.1) is 17.1 Å². The number of anilines is 1. The number of aliphatic hydroxyl groups is 2. The molecule has 1 heterocycles. The number of nitrogens with zero attached hydrogens (tertiary/aromatic N) is 2. The number of halogens is 1. The van der Waals surface area contributed by atoms with Crippen LogP contribution in [0.5, 0.6) is 0 Å². The summed E-state index contributed by atoms with van der Waals surface area (Å²) >= 11 is 0. The molecule has 4 rings (SSSR count). The molecule has 0 aliphatic carbocycles. The Hall–Kier alpha value is -5.04. The molecule has 9 heteroatoms. The first kappa shape index (κ1) is 31.9. The predicted octanol–water partition coefficient (Wildman–Crippen LogP) is 6.35. The van der Waals surface area contributed by atoms with Gasteiger partial charge in [0.25, 0.3) is 5.91 Å². The van der Waals surface area contributed by atoms with Crippen LogP contribution >= 0.6 is 0 Å². The Kier molecular flexibility index (Phi) is 10.5. The Morgan fingerprint density at radius 2 is 1.68 bits per heavy atom. The normalized spacial score (nSPS) is 12.6. The smallest absolute Gasteiger partial charge is 0.308 e. The van der Waals surface area contributed by atoms with Gasteiger partial charge in [0, 0.05) is 35.0 Å². The van der Waals surface area contributed by atoms with Gasteiger partial charge in [0.1, 0.15) is 11.5 Å². The summed E-state index contributed by atoms with van der Waals surface area (Å²) in [6, 6.07) is 23.7. The van der Waals surface area contributed by atoms with E-state index in [9.17, 15) is 29.5 Å². The minimum atomic E-state index is -1.13. The highest BCUT2D eigenvalue weighted by molar-refractivity contribution is 6.12. The molecule has 1 amide bonds. The molecule has 0 fully saturated rings. The molecule has 0 spiro atoms. The summed E-state index contributed by atoms with van der Waals surface area (Å²) in [4.78, 5) is 25.7. The summed E-state index contributed by atoms with van der Waals surface area (Å²) in [6.45, 7) is 3.84. The number of esters is 1. The van der Waals surface area contributed by atoms with Crippen molar-refractivity contribution in [3.05, 3.63) is 108 Å². The van der Waals surface area contributed by atoms with Crippen LogP contribution < -0.4 is 5.32 Å². The third kappa shape index (κ3) is 7.48. The van der Waals surface area contributed by atoms with Gasteiger partial charge in [0.15, 0.2) is 0 Å². The number of amides is 1. The second-order valence-electron chi connectivity index (χ2n) is 10.6. The number of aromatic nitrogens is 1. The number of aliphatic hydroxyl groups excluding tert-OH is 2. The molecule has 0 saturated carbocycles. The van der Waals surface area contributed by atoms with E-state index < -0.39 is 29.9 Å². The zero-order chi connectivity index (χ0) is 31.8. The van der Waals surface area contributed by atoms with E-state index in [1.54, 1.807) is 42.5 Å². The maximum Gasteiger partial charge on any atom is 0.308 e. The minimum absolute atomic E-state index is 0.117. The van der Waals surface area contributed by atoms with Crippen molar-refractivity contribution in [3.8, 4) is 28.3 Å². The summed E-state index contributed by atoms with van der Waals surface area (Å²) in [5.41, 5.74) is 4.36. The van der Waals surface area contributed by atoms with E-state index in [4.69, 9.17) is 0 Å². The first-order valence-electron chi connectivity index (χ1n) is 14.1. The molecule has 0 aliphatic rings. The number of ether oxygens (including phenoxy) is 1. The van der Waals surface area contributed by atoms with Crippen LogP contribution in [0.25, 0.3) is 28.3 Å². The molecule has 0 aliphatic heterocycles. The van der Waals surface area contributed by atoms with Gasteiger partial charge in [-0.15, -0.1) is 0 Å². The number of nitrogens with one attached hydrogen (secondary N) is 1. The number of hydrogen-bond acceptors (Lipinski definition) is 6. The first-order chi connectivity index (χ1) is 21.1. The molecule has 1 aromatic heterocycles. The van der Waals surface area contributed by atoms with Gasteiger partial charge in [0.2, 0.25) is 0 Å². The van der Waals surface area contributed by atoms with Crippen molar-refractivity contribution in [2.24, 2.45) is 0 Å². The van der Waals surface area contributed by atoms with Gasteiger partial charge >= 0.3 is 5.97 Å². The molecule has 3 N–H and O–H groups in total. The van der Waals surface area contributed by atoms with E-state index in [1.807, 2.05) is 48.7 Å². The maximum atomic E-state index is 14.2. The van der Waals surface area contributed by atoms with E-state index in [-0.39, 0.29) is 18.9 Å². The highest BCUT2D eigenvalue weighted by Gasteiger charge is 2.29. The van der Waals surface area contributed by atoms with E-state index in [0.29, 0.717) is 39.3 Å². The summed E-state index contributed by atoms with van der Waals surface area (Å²) in [7, 11) is 1.22. The first-order valence-corrected chi connectivity index (χ1v) is 14.1. The highest BCUT2D eigenvalue weighted by atomic mass is 19.1. The fourth-order valence-electron chi connectivity index (χ4n) is 5.10. The number of carbonyl (C=O) groups is 2. The van der Waals surface area contributed by atoms with Crippen LogP contribution in [-0.4, -0.2) is 46.0 Å². The second kappa shape index (κ2) is 14.4. The molecule has 44 heavy (non-hydrogen) atoms. The van der Waals surface area contributed by atoms with Crippen LogP contribution in [0.3, 0.4) is 0 Å². The zero-order valence-electron chi connectivity index (χ0n) is 24.7. The fraction of sp³-hybridized carbons (Fsp3) is 0.229. The van der Waals surface area contributed by atoms with Gasteiger partial charge < -0.3 is 24.8 Å². The Labute approximate surface area is 255 Å². The van der Waals surface area contributed by atoms with E-state index in [2.05, 4.69) is 16.1 Å². The van der Waals surface area contributed by atoms with Crippen LogP contribution in [0.4, 0.5) is 10.1 Å². The Morgan fingerprint density at radius 1 is 1.00 bits per heavy atom. The molecule has 0 unspecified atom stereocenters. The summed E-state index contributed by atoms with van der Waals surface area (Å²) in [5.74, 6) is -1.44. The van der Waals surface area contributed by atoms with Crippen molar-refractivity contribution in [2.45, 2.75) is 44.9 Å². The summed E-state index contributed by atoms with van der Waals surface area (Å²) in [5, 5.41) is 33.3. The van der Waals surface area contributed by atoms with Crippen molar-refractivity contribution in [1.82, 2.24) is 4.57 Å². The average molecular weight is 596 g/mol. The van der Waals surface area contributed by atoms with Crippen LogP contribution in [0.15, 0.2) is 84.9 Å². The molecule has 8 nitrogen and oxygen atoms in total. The van der Waals surface area contributed by atoms with E-state index in [0.717, 1.165) is 5.56 Å². The van der Waals surface area contributed by atoms with E-state index in [1.165, 1.54) is 25.3 Å². The molecule has 0 radical (unpaired) electrons. The van der Waals surface area contributed by atoms with Gasteiger partial charge in [-0.25, -0.2) is 4.39 Å². The van der Waals surface area contributed by atoms with Crippen molar-refractivity contribution in [2.75, 3.05) is 12.4 Å². The van der Waals surface area contributed by atoms with E-state index >= 15 is 0 Å². The van der Waals surface area contributed by atoms with Crippen LogP contribution in [0.2, 0.25) is 0 Å². The third-order valence-electron chi connectivity index (χ3n) is 7.04. The number of nitriles is 1. The van der Waals surface area contributed by atoms with Gasteiger partial charge in [-0.1, -0.05) is 54.6 Å². The number of carbonyl (C=O) groups excluding carboxylic acids is 2. The quantitative estimate of drug-likeness (QED) is 0.174. The summed E-state index contributed by atoms with van der Waals surface area (Å²) < 4.78 is 20.5. The number of benzene rings is 3. The molecule has 226 valence electrons. The highest BCUT2D eigenvalue weighted by Crippen LogP contribution is 2.43. The van der Waals surface area contributed by atoms with Crippen molar-refractivity contribution >= 4 is 23.6 Å². The molecule has 4 aromatic rings. The van der Waals surface area contributed by atoms with Crippen molar-refractivity contribution in [1.29, 1.82) is 5.26 Å². The molecular formula is C35H34FN3O5. The van der Waals surface area contributed by atoms with Gasteiger partial charge in [-0.05, 0) is 61.4 Å². The lowest BCUT2D eigenvalue weighted by molar-refractivity contribution is -0.143. The number of methoxy groups -OCH3 is 1. The predicted molar refractivity (Wildman–Crippen MR) is 167 cm³/mol. The van der Waals surface area contributed by atoms with Crippen molar-refractivity contribution in [3.63, 3.8) is 0 Å². The zero-order valence-corrected chi connectivity index (χ0v) is 24.7. The van der Waals surface area contributed by atoms with Gasteiger partial charge in [-0.2, -0.15) is 5.26 Å². The molecule has 2 atom stereocenters. The maximum absolute atomic E-state index is 14.2. The van der Waals surface area contributed by atoms with Crippen LogP contribution in [0.1, 0.15) is 54.5 Å². The SMILES string of the molecule is COC(=O)C[C@H](O)C[C@H](O)C=Cc1c(-c2ccc(F)cc2)c(-c2ccccc2)c(C(=O)Nc2cccc(C#N)c2)n1C(C)C. The Balaban J connectivity index is 1.94. The van der Waals surface area contributed by atoms with Crippen LogP contribution in [-0.2, 0) is 9.53 Å².